The lowest BCUT2D eigenvalue weighted by molar-refractivity contribution is 0.126. The molecule has 0 fully saturated rings. The second-order valence-corrected chi connectivity index (χ2v) is 7.96. The maximum Gasteiger partial charge on any atom is 0.192 e. The van der Waals surface area contributed by atoms with Gasteiger partial charge < -0.3 is 9.40 Å². The Bertz CT molecular complexity index is 1440. The summed E-state index contributed by atoms with van der Waals surface area (Å²) >= 11 is 6.13. The molecule has 3 heterocycles. The molecule has 2 aromatic carbocycles. The highest BCUT2D eigenvalue weighted by molar-refractivity contribution is 6.33. The van der Waals surface area contributed by atoms with Crippen LogP contribution in [-0.2, 0) is 18.0 Å². The molecule has 3 aromatic heterocycles. The summed E-state index contributed by atoms with van der Waals surface area (Å²) in [6, 6.07) is 17.8. The average Bonchev–Trinajstić information content (AvgIpc) is 3.33. The zero-order valence-corrected chi connectivity index (χ0v) is 18.5. The highest BCUT2D eigenvalue weighted by Gasteiger charge is 2.18. The Morgan fingerprint density at radius 3 is 2.62 bits per heavy atom. The van der Waals surface area contributed by atoms with Crippen LogP contribution in [0.4, 0.5) is 0 Å². The first-order valence-corrected chi connectivity index (χ1v) is 10.6. The molecule has 0 unspecified atom stereocenters. The van der Waals surface area contributed by atoms with E-state index in [0.29, 0.717) is 10.8 Å². The zero-order valence-electron chi connectivity index (χ0n) is 17.7. The van der Waals surface area contributed by atoms with Gasteiger partial charge in [-0.2, -0.15) is 0 Å². The van der Waals surface area contributed by atoms with E-state index in [-0.39, 0.29) is 6.61 Å². The van der Waals surface area contributed by atoms with Crippen molar-refractivity contribution in [1.82, 2.24) is 24.1 Å². The molecule has 0 atom stereocenters. The van der Waals surface area contributed by atoms with Crippen LogP contribution in [-0.4, -0.2) is 30.4 Å². The summed E-state index contributed by atoms with van der Waals surface area (Å²) in [5, 5.41) is 10.1. The zero-order chi connectivity index (χ0) is 22.1. The quantitative estimate of drug-likeness (QED) is 0.274. The monoisotopic (exact) mass is 444 g/mol. The van der Waals surface area contributed by atoms with E-state index in [1.807, 2.05) is 36.4 Å². The van der Waals surface area contributed by atoms with Crippen LogP contribution in [0.5, 0.6) is 0 Å². The molecule has 5 rings (SSSR count). The topological polar surface area (TPSA) is 69.6 Å². The van der Waals surface area contributed by atoms with Gasteiger partial charge in [0.05, 0.1) is 11.6 Å². The van der Waals surface area contributed by atoms with E-state index < -0.39 is 0 Å². The highest BCUT2D eigenvalue weighted by Crippen LogP contribution is 2.27. The molecule has 0 aliphatic heterocycles. The second kappa shape index (κ2) is 8.43. The van der Waals surface area contributed by atoms with Crippen molar-refractivity contribution in [3.8, 4) is 0 Å². The first-order chi connectivity index (χ1) is 15.6. The molecule has 8 heteroatoms. The molecule has 0 saturated heterocycles. The van der Waals surface area contributed by atoms with Gasteiger partial charge in [0.25, 0.3) is 0 Å². The van der Waals surface area contributed by atoms with E-state index in [1.165, 1.54) is 5.56 Å². The standard InChI is InChI=1S/C24H21ClN6O/c1-16-17(2)30(13-18-8-4-3-5-9-18)23-22(16)24-28-21(29-31(24)15-26-23)14-32-27-12-19-10-6-7-11-20(19)25/h3-12,15H,13-14H2,1-2H3. The van der Waals surface area contributed by atoms with E-state index in [4.69, 9.17) is 21.4 Å². The van der Waals surface area contributed by atoms with Gasteiger partial charge in [0.15, 0.2) is 18.1 Å². The maximum absolute atomic E-state index is 6.13. The largest absolute Gasteiger partial charge is 0.387 e. The van der Waals surface area contributed by atoms with Gasteiger partial charge in [-0.15, -0.1) is 5.10 Å². The molecule has 0 N–H and O–H groups in total. The Hall–Kier alpha value is -3.71. The maximum atomic E-state index is 6.13. The fourth-order valence-corrected chi connectivity index (χ4v) is 3.95. The summed E-state index contributed by atoms with van der Waals surface area (Å²) in [6.07, 6.45) is 3.27. The van der Waals surface area contributed by atoms with Gasteiger partial charge in [-0.3, -0.25) is 0 Å². The summed E-state index contributed by atoms with van der Waals surface area (Å²) in [4.78, 5) is 14.8. The molecular weight excluding hydrogens is 424 g/mol. The second-order valence-electron chi connectivity index (χ2n) is 7.55. The number of hydrogen-bond acceptors (Lipinski definition) is 5. The molecule has 0 amide bonds. The summed E-state index contributed by atoms with van der Waals surface area (Å²) in [5.74, 6) is 0.531. The molecule has 0 radical (unpaired) electrons. The number of halogens is 1. The SMILES string of the molecule is Cc1c(C)n(Cc2ccccc2)c2ncn3nc(CON=Cc4ccccc4Cl)nc3c12. The van der Waals surface area contributed by atoms with Crippen molar-refractivity contribution in [2.45, 2.75) is 27.0 Å². The smallest absolute Gasteiger partial charge is 0.192 e. The highest BCUT2D eigenvalue weighted by atomic mass is 35.5. The molecule has 0 aliphatic rings. The molecular formula is C24H21ClN6O. The normalized spacial score (nSPS) is 11.7. The number of aryl methyl sites for hydroxylation is 1. The summed E-state index contributed by atoms with van der Waals surface area (Å²) in [5.41, 5.74) is 5.97. The molecule has 5 aromatic rings. The van der Waals surface area contributed by atoms with Crippen molar-refractivity contribution in [3.63, 3.8) is 0 Å². The lowest BCUT2D eigenvalue weighted by Crippen LogP contribution is -2.03. The summed E-state index contributed by atoms with van der Waals surface area (Å²) < 4.78 is 3.91. The van der Waals surface area contributed by atoms with Crippen molar-refractivity contribution in [2.75, 3.05) is 0 Å². The predicted octanol–water partition coefficient (Wildman–Crippen LogP) is 4.95. The van der Waals surface area contributed by atoms with Gasteiger partial charge in [0, 0.05) is 22.8 Å². The third kappa shape index (κ3) is 3.71. The van der Waals surface area contributed by atoms with Gasteiger partial charge in [0.1, 0.15) is 12.0 Å². The molecule has 160 valence electrons. The van der Waals surface area contributed by atoms with Gasteiger partial charge in [-0.25, -0.2) is 14.5 Å². The van der Waals surface area contributed by atoms with Crippen LogP contribution in [0.15, 0.2) is 66.1 Å². The third-order valence-corrected chi connectivity index (χ3v) is 5.88. The van der Waals surface area contributed by atoms with Crippen molar-refractivity contribution in [3.05, 3.63) is 94.2 Å². The van der Waals surface area contributed by atoms with Crippen LogP contribution in [0.1, 0.15) is 28.2 Å². The number of rotatable bonds is 6. The van der Waals surface area contributed by atoms with E-state index in [0.717, 1.165) is 40.0 Å². The van der Waals surface area contributed by atoms with Crippen LogP contribution in [0, 0.1) is 13.8 Å². The number of aromatic nitrogens is 5. The first-order valence-electron chi connectivity index (χ1n) is 10.3. The minimum Gasteiger partial charge on any atom is -0.387 e. The lowest BCUT2D eigenvalue weighted by Gasteiger charge is -2.07. The molecule has 0 spiro atoms. The van der Waals surface area contributed by atoms with Crippen LogP contribution in [0.3, 0.4) is 0 Å². The lowest BCUT2D eigenvalue weighted by atomic mass is 10.2. The summed E-state index contributed by atoms with van der Waals surface area (Å²) in [7, 11) is 0. The van der Waals surface area contributed by atoms with E-state index >= 15 is 0 Å². The van der Waals surface area contributed by atoms with Gasteiger partial charge in [-0.05, 0) is 31.0 Å². The molecule has 32 heavy (non-hydrogen) atoms. The van der Waals surface area contributed by atoms with E-state index in [9.17, 15) is 0 Å². The van der Waals surface area contributed by atoms with E-state index in [2.05, 4.69) is 45.8 Å². The van der Waals surface area contributed by atoms with Gasteiger partial charge in [-0.1, -0.05) is 65.3 Å². The fraction of sp³-hybridized carbons (Fsp3) is 0.167. The van der Waals surface area contributed by atoms with Crippen molar-refractivity contribution < 1.29 is 4.84 Å². The van der Waals surface area contributed by atoms with Crippen molar-refractivity contribution >= 4 is 34.5 Å². The molecule has 0 saturated carbocycles. The Morgan fingerprint density at radius 1 is 1.03 bits per heavy atom. The number of nitrogens with zero attached hydrogens (tertiary/aromatic N) is 6. The Balaban J connectivity index is 1.43. The molecule has 7 nitrogen and oxygen atoms in total. The Morgan fingerprint density at radius 2 is 1.81 bits per heavy atom. The van der Waals surface area contributed by atoms with Crippen LogP contribution in [0.25, 0.3) is 16.7 Å². The number of benzene rings is 2. The van der Waals surface area contributed by atoms with Crippen molar-refractivity contribution in [1.29, 1.82) is 0 Å². The van der Waals surface area contributed by atoms with Gasteiger partial charge >= 0.3 is 0 Å². The third-order valence-electron chi connectivity index (χ3n) is 5.54. The first kappa shape index (κ1) is 20.2. The van der Waals surface area contributed by atoms with Crippen LogP contribution < -0.4 is 0 Å². The Labute approximate surface area is 189 Å². The predicted molar refractivity (Wildman–Crippen MR) is 125 cm³/mol. The van der Waals surface area contributed by atoms with Crippen LogP contribution in [0.2, 0.25) is 5.02 Å². The number of hydrogen-bond donors (Lipinski definition) is 0. The minimum atomic E-state index is 0.146. The Kier molecular flexibility index (Phi) is 5.33. The number of oxime groups is 1. The van der Waals surface area contributed by atoms with E-state index in [1.54, 1.807) is 23.1 Å². The van der Waals surface area contributed by atoms with Gasteiger partial charge in [0.2, 0.25) is 0 Å². The fourth-order valence-electron chi connectivity index (χ4n) is 3.76. The summed E-state index contributed by atoms with van der Waals surface area (Å²) in [6.45, 7) is 5.10. The molecule has 0 aliphatic carbocycles. The minimum absolute atomic E-state index is 0.146. The van der Waals surface area contributed by atoms with Crippen molar-refractivity contribution in [2.24, 2.45) is 5.16 Å². The average molecular weight is 445 g/mol. The number of fused-ring (bicyclic) bond motifs is 3. The molecule has 0 bridgehead atoms. The van der Waals surface area contributed by atoms with Crippen LogP contribution >= 0.6 is 11.6 Å².